The summed E-state index contributed by atoms with van der Waals surface area (Å²) in [6.07, 6.45) is 10.1. The molecule has 0 amide bonds. The number of halogens is 1. The monoisotopic (exact) mass is 246 g/mol. The quantitative estimate of drug-likeness (QED) is 0.449. The van der Waals surface area contributed by atoms with Gasteiger partial charge >= 0.3 is 0 Å². The van der Waals surface area contributed by atoms with Crippen molar-refractivity contribution in [3.8, 4) is 0 Å². The molecule has 78 valence electrons. The van der Waals surface area contributed by atoms with Crippen LogP contribution in [0.3, 0.4) is 0 Å². The van der Waals surface area contributed by atoms with Gasteiger partial charge < -0.3 is 0 Å². The van der Waals surface area contributed by atoms with E-state index in [4.69, 9.17) is 0 Å². The molecule has 1 heteroatoms. The Morgan fingerprint density at radius 3 is 2.46 bits per heavy atom. The third-order valence-corrected chi connectivity index (χ3v) is 4.36. The summed E-state index contributed by atoms with van der Waals surface area (Å²) in [5.74, 6) is 0.985. The van der Waals surface area contributed by atoms with Gasteiger partial charge in [-0.3, -0.25) is 0 Å². The van der Waals surface area contributed by atoms with Gasteiger partial charge in [0.1, 0.15) is 0 Å². The zero-order valence-corrected chi connectivity index (χ0v) is 10.7. The molecule has 0 bridgehead atoms. The Hall–Kier alpha value is 0.480. The lowest BCUT2D eigenvalue weighted by Crippen LogP contribution is -1.98. The first-order valence-electron chi connectivity index (χ1n) is 5.79. The van der Waals surface area contributed by atoms with Crippen molar-refractivity contribution in [3.63, 3.8) is 0 Å². The van der Waals surface area contributed by atoms with Gasteiger partial charge in [-0.1, -0.05) is 61.9 Å². The first-order chi connectivity index (χ1) is 6.23. The molecule has 0 saturated heterocycles. The minimum Gasteiger partial charge on any atom is -0.0925 e. The fourth-order valence-corrected chi connectivity index (χ4v) is 3.19. The van der Waals surface area contributed by atoms with Crippen LogP contribution in [0.25, 0.3) is 0 Å². The highest BCUT2D eigenvalue weighted by Gasteiger charge is 2.47. The Balaban J connectivity index is 1.95. The molecule has 0 aromatic carbocycles. The van der Waals surface area contributed by atoms with E-state index in [-0.39, 0.29) is 0 Å². The maximum absolute atomic E-state index is 3.59. The molecule has 13 heavy (non-hydrogen) atoms. The topological polar surface area (TPSA) is 0 Å². The van der Waals surface area contributed by atoms with Crippen molar-refractivity contribution in [1.82, 2.24) is 0 Å². The van der Waals surface area contributed by atoms with Gasteiger partial charge in [0, 0.05) is 5.33 Å². The summed E-state index contributed by atoms with van der Waals surface area (Å²) >= 11 is 3.59. The molecule has 0 spiro atoms. The highest BCUT2D eigenvalue weighted by atomic mass is 79.9. The molecule has 1 rings (SSSR count). The van der Waals surface area contributed by atoms with Crippen LogP contribution in [0.15, 0.2) is 0 Å². The molecule has 1 fully saturated rings. The van der Waals surface area contributed by atoms with E-state index < -0.39 is 0 Å². The van der Waals surface area contributed by atoms with Crippen LogP contribution >= 0.6 is 15.9 Å². The second kappa shape index (κ2) is 5.38. The molecule has 1 aliphatic rings. The van der Waals surface area contributed by atoms with E-state index in [1.807, 2.05) is 0 Å². The number of alkyl halides is 1. The normalized spacial score (nSPS) is 32.1. The van der Waals surface area contributed by atoms with Crippen LogP contribution in [0.2, 0.25) is 0 Å². The lowest BCUT2D eigenvalue weighted by atomic mass is 9.98. The minimum absolute atomic E-state index is 0.718. The maximum Gasteiger partial charge on any atom is 0.00650 e. The molecule has 0 N–H and O–H groups in total. The predicted molar refractivity (Wildman–Crippen MR) is 63.4 cm³/mol. The van der Waals surface area contributed by atoms with Crippen molar-refractivity contribution in [2.45, 2.75) is 58.8 Å². The molecular weight excluding hydrogens is 224 g/mol. The molecular formula is C12H23Br. The van der Waals surface area contributed by atoms with Crippen molar-refractivity contribution in [3.05, 3.63) is 0 Å². The Morgan fingerprint density at radius 1 is 1.23 bits per heavy atom. The lowest BCUT2D eigenvalue weighted by Gasteiger charge is -2.09. The highest BCUT2D eigenvalue weighted by molar-refractivity contribution is 9.09. The SMILES string of the molecule is CCCCCCCC1(C)CC1CBr. The highest BCUT2D eigenvalue weighted by Crippen LogP contribution is 2.56. The predicted octanol–water partition coefficient (Wildman–Crippen LogP) is 4.77. The van der Waals surface area contributed by atoms with Crippen molar-refractivity contribution >= 4 is 15.9 Å². The average Bonchev–Trinajstić information content (AvgIpc) is 2.77. The molecule has 2 unspecified atom stereocenters. The van der Waals surface area contributed by atoms with Crippen LogP contribution in [0.1, 0.15) is 58.8 Å². The van der Waals surface area contributed by atoms with Crippen LogP contribution in [-0.2, 0) is 0 Å². The zero-order chi connectivity index (χ0) is 9.73. The van der Waals surface area contributed by atoms with Gasteiger partial charge in [-0.15, -0.1) is 0 Å². The van der Waals surface area contributed by atoms with Crippen LogP contribution in [0.5, 0.6) is 0 Å². The number of unbranched alkanes of at least 4 members (excludes halogenated alkanes) is 4. The van der Waals surface area contributed by atoms with Gasteiger partial charge in [-0.05, 0) is 24.2 Å². The third-order valence-electron chi connectivity index (χ3n) is 3.58. The summed E-state index contributed by atoms with van der Waals surface area (Å²) in [4.78, 5) is 0. The van der Waals surface area contributed by atoms with E-state index in [0.29, 0.717) is 0 Å². The summed E-state index contributed by atoms with van der Waals surface area (Å²) < 4.78 is 0. The van der Waals surface area contributed by atoms with Crippen LogP contribution in [0, 0.1) is 11.3 Å². The maximum atomic E-state index is 3.59. The Labute approximate surface area is 91.6 Å². The van der Waals surface area contributed by atoms with Crippen LogP contribution in [-0.4, -0.2) is 5.33 Å². The van der Waals surface area contributed by atoms with Gasteiger partial charge in [0.25, 0.3) is 0 Å². The Bertz CT molecular complexity index is 144. The van der Waals surface area contributed by atoms with Gasteiger partial charge in [0.05, 0.1) is 0 Å². The zero-order valence-electron chi connectivity index (χ0n) is 9.11. The largest absolute Gasteiger partial charge is 0.0925 e. The van der Waals surface area contributed by atoms with E-state index in [9.17, 15) is 0 Å². The summed E-state index contributed by atoms with van der Waals surface area (Å²) in [6, 6.07) is 0. The average molecular weight is 247 g/mol. The number of rotatable bonds is 7. The van der Waals surface area contributed by atoms with Gasteiger partial charge in [0.2, 0.25) is 0 Å². The van der Waals surface area contributed by atoms with E-state index in [1.54, 1.807) is 0 Å². The molecule has 0 aromatic rings. The van der Waals surface area contributed by atoms with Crippen molar-refractivity contribution < 1.29 is 0 Å². The summed E-state index contributed by atoms with van der Waals surface area (Å²) in [6.45, 7) is 4.74. The molecule has 2 atom stereocenters. The molecule has 1 aliphatic carbocycles. The van der Waals surface area contributed by atoms with Crippen molar-refractivity contribution in [1.29, 1.82) is 0 Å². The second-order valence-corrected chi connectivity index (χ2v) is 5.52. The molecule has 0 aliphatic heterocycles. The first-order valence-corrected chi connectivity index (χ1v) is 6.91. The third kappa shape index (κ3) is 3.61. The van der Waals surface area contributed by atoms with Crippen molar-refractivity contribution in [2.24, 2.45) is 11.3 Å². The first kappa shape index (κ1) is 11.6. The standard InChI is InChI=1S/C12H23Br/c1-3-4-5-6-7-8-12(2)9-11(12)10-13/h11H,3-10H2,1-2H3. The van der Waals surface area contributed by atoms with Gasteiger partial charge in [-0.2, -0.15) is 0 Å². The Kier molecular flexibility index (Phi) is 4.78. The van der Waals surface area contributed by atoms with Crippen LogP contribution < -0.4 is 0 Å². The fourth-order valence-electron chi connectivity index (χ4n) is 2.18. The van der Waals surface area contributed by atoms with E-state index in [1.165, 1.54) is 50.3 Å². The summed E-state index contributed by atoms with van der Waals surface area (Å²) in [5, 5.41) is 1.22. The number of hydrogen-bond donors (Lipinski definition) is 0. The van der Waals surface area contributed by atoms with Gasteiger partial charge in [-0.25, -0.2) is 0 Å². The van der Waals surface area contributed by atoms with E-state index in [0.717, 1.165) is 11.3 Å². The lowest BCUT2D eigenvalue weighted by molar-refractivity contribution is 0.442. The molecule has 1 saturated carbocycles. The van der Waals surface area contributed by atoms with Gasteiger partial charge in [0.15, 0.2) is 0 Å². The van der Waals surface area contributed by atoms with E-state index >= 15 is 0 Å². The summed E-state index contributed by atoms with van der Waals surface area (Å²) in [5.41, 5.74) is 0.718. The molecule has 0 heterocycles. The fraction of sp³-hybridized carbons (Fsp3) is 1.00. The Morgan fingerprint density at radius 2 is 1.92 bits per heavy atom. The molecule has 0 radical (unpaired) electrons. The minimum atomic E-state index is 0.718. The summed E-state index contributed by atoms with van der Waals surface area (Å²) in [7, 11) is 0. The van der Waals surface area contributed by atoms with E-state index in [2.05, 4.69) is 29.8 Å². The van der Waals surface area contributed by atoms with Crippen molar-refractivity contribution in [2.75, 3.05) is 5.33 Å². The molecule has 0 nitrogen and oxygen atoms in total. The number of hydrogen-bond acceptors (Lipinski definition) is 0. The van der Waals surface area contributed by atoms with Crippen LogP contribution in [0.4, 0.5) is 0 Å². The molecule has 0 aromatic heterocycles. The smallest absolute Gasteiger partial charge is 0.00650 e. The second-order valence-electron chi connectivity index (χ2n) is 4.87.